The van der Waals surface area contributed by atoms with E-state index >= 15 is 0 Å². The molecular weight excluding hydrogens is 206 g/mol. The summed E-state index contributed by atoms with van der Waals surface area (Å²) in [4.78, 5) is 20.8. The van der Waals surface area contributed by atoms with Crippen LogP contribution in [0.4, 0.5) is 0 Å². The third-order valence-electron chi connectivity index (χ3n) is 2.11. The van der Waals surface area contributed by atoms with Gasteiger partial charge in [0.1, 0.15) is 5.75 Å². The Kier molecular flexibility index (Phi) is 4.51. The number of carbonyl (C=O) groups excluding carboxylic acids is 2. The van der Waals surface area contributed by atoms with Crippen LogP contribution in [-0.2, 0) is 16.1 Å². The molecule has 1 aromatic rings. The molecule has 0 bridgehead atoms. The van der Waals surface area contributed by atoms with Crippen LogP contribution in [0.1, 0.15) is 18.1 Å². The Hall–Kier alpha value is -1.84. The van der Waals surface area contributed by atoms with Gasteiger partial charge < -0.3 is 10.1 Å². The number of carbonyl (C=O) groups is 2. The molecule has 0 saturated heterocycles. The molecule has 0 heterocycles. The van der Waals surface area contributed by atoms with Crippen LogP contribution < -0.4 is 10.1 Å². The summed E-state index contributed by atoms with van der Waals surface area (Å²) in [7, 11) is 0. The number of benzene rings is 1. The standard InChI is InChI=1S/C12H15NO3/c1-3-16-11-5-4-10(6-9(11)2)7-13-12(15)8-14/h4-6,8H,3,7H2,1-2H3,(H,13,15). The molecule has 0 saturated carbocycles. The molecule has 0 aromatic heterocycles. The van der Waals surface area contributed by atoms with Crippen molar-refractivity contribution in [2.24, 2.45) is 0 Å². The fraction of sp³-hybridized carbons (Fsp3) is 0.333. The molecule has 0 radical (unpaired) electrons. The molecule has 0 spiro atoms. The first-order valence-electron chi connectivity index (χ1n) is 5.12. The van der Waals surface area contributed by atoms with Crippen molar-refractivity contribution in [3.8, 4) is 5.75 Å². The minimum atomic E-state index is -0.605. The van der Waals surface area contributed by atoms with Gasteiger partial charge >= 0.3 is 0 Å². The van der Waals surface area contributed by atoms with Gasteiger partial charge in [0.15, 0.2) is 0 Å². The topological polar surface area (TPSA) is 55.4 Å². The minimum Gasteiger partial charge on any atom is -0.494 e. The van der Waals surface area contributed by atoms with E-state index in [1.807, 2.05) is 32.0 Å². The number of ether oxygens (including phenoxy) is 1. The van der Waals surface area contributed by atoms with Crippen molar-refractivity contribution in [1.29, 1.82) is 0 Å². The van der Waals surface area contributed by atoms with E-state index in [1.54, 1.807) is 0 Å². The van der Waals surface area contributed by atoms with E-state index in [0.29, 0.717) is 13.2 Å². The van der Waals surface area contributed by atoms with E-state index < -0.39 is 5.91 Å². The molecular formula is C12H15NO3. The van der Waals surface area contributed by atoms with E-state index in [-0.39, 0.29) is 6.29 Å². The van der Waals surface area contributed by atoms with Gasteiger partial charge in [-0.15, -0.1) is 0 Å². The second kappa shape index (κ2) is 5.90. The van der Waals surface area contributed by atoms with Crippen molar-refractivity contribution >= 4 is 12.2 Å². The fourth-order valence-corrected chi connectivity index (χ4v) is 1.37. The van der Waals surface area contributed by atoms with Crippen LogP contribution in [0.2, 0.25) is 0 Å². The molecule has 1 rings (SSSR count). The quantitative estimate of drug-likeness (QED) is 0.600. The van der Waals surface area contributed by atoms with Crippen LogP contribution in [0.15, 0.2) is 18.2 Å². The van der Waals surface area contributed by atoms with Gasteiger partial charge in [0.05, 0.1) is 6.61 Å². The Balaban J connectivity index is 2.65. The van der Waals surface area contributed by atoms with E-state index in [4.69, 9.17) is 4.74 Å². The molecule has 0 fully saturated rings. The van der Waals surface area contributed by atoms with Gasteiger partial charge in [-0.05, 0) is 31.0 Å². The van der Waals surface area contributed by atoms with Crippen molar-refractivity contribution in [1.82, 2.24) is 5.32 Å². The summed E-state index contributed by atoms with van der Waals surface area (Å²) in [6.07, 6.45) is 0.265. The Labute approximate surface area is 94.6 Å². The van der Waals surface area contributed by atoms with Gasteiger partial charge in [0.25, 0.3) is 5.91 Å². The Morgan fingerprint density at radius 2 is 2.25 bits per heavy atom. The van der Waals surface area contributed by atoms with Gasteiger partial charge in [-0.3, -0.25) is 9.59 Å². The molecule has 0 atom stereocenters. The predicted octanol–water partition coefficient (Wildman–Crippen LogP) is 1.21. The molecule has 4 nitrogen and oxygen atoms in total. The van der Waals surface area contributed by atoms with Crippen LogP contribution >= 0.6 is 0 Å². The first kappa shape index (κ1) is 12.2. The number of rotatable bonds is 5. The van der Waals surface area contributed by atoms with Gasteiger partial charge in [-0.1, -0.05) is 12.1 Å². The lowest BCUT2D eigenvalue weighted by molar-refractivity contribution is -0.131. The van der Waals surface area contributed by atoms with Crippen molar-refractivity contribution < 1.29 is 14.3 Å². The summed E-state index contributed by atoms with van der Waals surface area (Å²) in [6, 6.07) is 5.65. The van der Waals surface area contributed by atoms with Crippen molar-refractivity contribution in [2.75, 3.05) is 6.61 Å². The molecule has 0 aliphatic rings. The van der Waals surface area contributed by atoms with E-state index in [1.165, 1.54) is 0 Å². The van der Waals surface area contributed by atoms with Crippen molar-refractivity contribution in [2.45, 2.75) is 20.4 Å². The SMILES string of the molecule is CCOc1ccc(CNC(=O)C=O)cc1C. The lowest BCUT2D eigenvalue weighted by atomic mass is 10.1. The molecule has 0 unspecified atom stereocenters. The lowest BCUT2D eigenvalue weighted by Gasteiger charge is -2.09. The number of aryl methyl sites for hydroxylation is 1. The summed E-state index contributed by atoms with van der Waals surface area (Å²) in [5.41, 5.74) is 1.95. The van der Waals surface area contributed by atoms with Crippen molar-refractivity contribution in [3.05, 3.63) is 29.3 Å². The molecule has 1 amide bonds. The normalized spacial score (nSPS) is 9.62. The third kappa shape index (κ3) is 3.38. The molecule has 86 valence electrons. The molecule has 4 heteroatoms. The fourth-order valence-electron chi connectivity index (χ4n) is 1.37. The monoisotopic (exact) mass is 221 g/mol. The minimum absolute atomic E-state index is 0.265. The first-order chi connectivity index (χ1) is 7.67. The second-order valence-electron chi connectivity index (χ2n) is 3.37. The summed E-state index contributed by atoms with van der Waals surface area (Å²) in [5.74, 6) is 0.236. The maximum absolute atomic E-state index is 10.7. The molecule has 1 aromatic carbocycles. The molecule has 1 N–H and O–H groups in total. The third-order valence-corrected chi connectivity index (χ3v) is 2.11. The molecule has 0 aliphatic carbocycles. The maximum atomic E-state index is 10.7. The average Bonchev–Trinajstić information content (AvgIpc) is 2.29. The largest absolute Gasteiger partial charge is 0.494 e. The average molecular weight is 221 g/mol. The first-order valence-corrected chi connectivity index (χ1v) is 5.12. The van der Waals surface area contributed by atoms with Crippen LogP contribution in [0.3, 0.4) is 0 Å². The van der Waals surface area contributed by atoms with E-state index in [0.717, 1.165) is 16.9 Å². The summed E-state index contributed by atoms with van der Waals surface area (Å²) in [6.45, 7) is 4.85. The van der Waals surface area contributed by atoms with Gasteiger partial charge in [0.2, 0.25) is 6.29 Å². The highest BCUT2D eigenvalue weighted by atomic mass is 16.5. The summed E-state index contributed by atoms with van der Waals surface area (Å²) >= 11 is 0. The zero-order valence-electron chi connectivity index (χ0n) is 9.45. The molecule has 16 heavy (non-hydrogen) atoms. The highest BCUT2D eigenvalue weighted by molar-refractivity contribution is 6.23. The maximum Gasteiger partial charge on any atom is 0.284 e. The summed E-state index contributed by atoms with van der Waals surface area (Å²) < 4.78 is 5.39. The zero-order valence-corrected chi connectivity index (χ0v) is 9.45. The van der Waals surface area contributed by atoms with Gasteiger partial charge in [0, 0.05) is 6.54 Å². The lowest BCUT2D eigenvalue weighted by Crippen LogP contribution is -2.23. The number of hydrogen-bond acceptors (Lipinski definition) is 3. The van der Waals surface area contributed by atoms with Crippen LogP contribution in [0, 0.1) is 6.92 Å². The van der Waals surface area contributed by atoms with Crippen LogP contribution in [0.25, 0.3) is 0 Å². The Bertz CT molecular complexity index is 388. The Morgan fingerprint density at radius 3 is 2.81 bits per heavy atom. The number of hydrogen-bond donors (Lipinski definition) is 1. The number of aldehydes is 1. The van der Waals surface area contributed by atoms with Crippen LogP contribution in [0.5, 0.6) is 5.75 Å². The Morgan fingerprint density at radius 1 is 1.50 bits per heavy atom. The summed E-state index contributed by atoms with van der Waals surface area (Å²) in [5, 5.41) is 2.48. The van der Waals surface area contributed by atoms with Crippen molar-refractivity contribution in [3.63, 3.8) is 0 Å². The predicted molar refractivity (Wildman–Crippen MR) is 60.3 cm³/mol. The van der Waals surface area contributed by atoms with Crippen LogP contribution in [-0.4, -0.2) is 18.8 Å². The molecule has 0 aliphatic heterocycles. The smallest absolute Gasteiger partial charge is 0.284 e. The van der Waals surface area contributed by atoms with E-state index in [9.17, 15) is 9.59 Å². The number of amides is 1. The highest BCUT2D eigenvalue weighted by Gasteiger charge is 2.02. The number of nitrogens with one attached hydrogen (secondary N) is 1. The van der Waals surface area contributed by atoms with Gasteiger partial charge in [-0.2, -0.15) is 0 Å². The zero-order chi connectivity index (χ0) is 12.0. The second-order valence-corrected chi connectivity index (χ2v) is 3.37. The van der Waals surface area contributed by atoms with E-state index in [2.05, 4.69) is 5.32 Å². The highest BCUT2D eigenvalue weighted by Crippen LogP contribution is 2.18. The van der Waals surface area contributed by atoms with Gasteiger partial charge in [-0.25, -0.2) is 0 Å².